The first kappa shape index (κ1) is 15.7. The van der Waals surface area contributed by atoms with E-state index >= 15 is 0 Å². The molecule has 1 aromatic heterocycles. The van der Waals surface area contributed by atoms with Crippen LogP contribution in [0.4, 0.5) is 4.39 Å². The fraction of sp³-hybridized carbons (Fsp3) is 0.471. The van der Waals surface area contributed by atoms with Crippen molar-refractivity contribution in [1.82, 2.24) is 15.1 Å². The van der Waals surface area contributed by atoms with E-state index in [1.165, 1.54) is 17.8 Å². The third-order valence-corrected chi connectivity index (χ3v) is 3.67. The average Bonchev–Trinajstić information content (AvgIpc) is 2.73. The van der Waals surface area contributed by atoms with Crippen molar-refractivity contribution in [3.63, 3.8) is 0 Å². The van der Waals surface area contributed by atoms with Crippen LogP contribution in [-0.2, 0) is 13.5 Å². The minimum absolute atomic E-state index is 0.189. The van der Waals surface area contributed by atoms with Crippen molar-refractivity contribution < 1.29 is 4.39 Å². The first-order valence-corrected chi connectivity index (χ1v) is 7.44. The van der Waals surface area contributed by atoms with Gasteiger partial charge in [0.05, 0.1) is 5.69 Å². The lowest BCUT2D eigenvalue weighted by molar-refractivity contribution is 0.515. The summed E-state index contributed by atoms with van der Waals surface area (Å²) in [4.78, 5) is 0. The number of aryl methyl sites for hydroxylation is 2. The largest absolute Gasteiger partial charge is 0.314 e. The molecule has 0 fully saturated rings. The van der Waals surface area contributed by atoms with Crippen molar-refractivity contribution in [3.05, 3.63) is 53.1 Å². The van der Waals surface area contributed by atoms with Crippen molar-refractivity contribution in [2.45, 2.75) is 39.2 Å². The molecule has 0 radical (unpaired) electrons. The second-order valence-electron chi connectivity index (χ2n) is 5.92. The van der Waals surface area contributed by atoms with Crippen molar-refractivity contribution in [2.24, 2.45) is 7.05 Å². The summed E-state index contributed by atoms with van der Waals surface area (Å²) in [6.07, 6.45) is 0.892. The highest BCUT2D eigenvalue weighted by Gasteiger charge is 2.15. The number of halogens is 1. The molecular weight excluding hydrogens is 265 g/mol. The van der Waals surface area contributed by atoms with Crippen molar-refractivity contribution in [3.8, 4) is 0 Å². The predicted octanol–water partition coefficient (Wildman–Crippen LogP) is 3.19. The van der Waals surface area contributed by atoms with Gasteiger partial charge in [-0.05, 0) is 37.1 Å². The Morgan fingerprint density at radius 2 is 1.90 bits per heavy atom. The quantitative estimate of drug-likeness (QED) is 0.885. The lowest BCUT2D eigenvalue weighted by Crippen LogP contribution is -2.29. The van der Waals surface area contributed by atoms with Crippen LogP contribution in [0.3, 0.4) is 0 Å². The Morgan fingerprint density at radius 1 is 1.24 bits per heavy atom. The highest BCUT2D eigenvalue weighted by atomic mass is 19.1. The summed E-state index contributed by atoms with van der Waals surface area (Å²) in [5.74, 6) is 0.119. The van der Waals surface area contributed by atoms with E-state index in [0.717, 1.165) is 24.2 Å². The van der Waals surface area contributed by atoms with Crippen LogP contribution >= 0.6 is 0 Å². The summed E-state index contributed by atoms with van der Waals surface area (Å²) >= 11 is 0. The molecule has 1 atom stereocenters. The van der Waals surface area contributed by atoms with Crippen LogP contribution in [0.5, 0.6) is 0 Å². The third-order valence-electron chi connectivity index (χ3n) is 3.67. The molecule has 2 rings (SSSR count). The Hall–Kier alpha value is -1.68. The molecule has 0 saturated carbocycles. The number of aromatic nitrogens is 2. The molecule has 0 bridgehead atoms. The minimum atomic E-state index is -0.189. The third kappa shape index (κ3) is 4.39. The Bertz CT molecular complexity index is 572. The monoisotopic (exact) mass is 289 g/mol. The van der Waals surface area contributed by atoms with Gasteiger partial charge in [-0.1, -0.05) is 26.0 Å². The lowest BCUT2D eigenvalue weighted by Gasteiger charge is -2.20. The second-order valence-corrected chi connectivity index (χ2v) is 5.92. The van der Waals surface area contributed by atoms with Crippen molar-refractivity contribution in [1.29, 1.82) is 0 Å². The van der Waals surface area contributed by atoms with Gasteiger partial charge in [-0.2, -0.15) is 5.10 Å². The fourth-order valence-electron chi connectivity index (χ4n) is 2.53. The molecule has 114 valence electrons. The van der Waals surface area contributed by atoms with Gasteiger partial charge >= 0.3 is 0 Å². The summed E-state index contributed by atoms with van der Waals surface area (Å²) in [6.45, 7) is 7.14. The molecular formula is C17H24FN3. The summed E-state index contributed by atoms with van der Waals surface area (Å²) in [6, 6.07) is 9.38. The van der Waals surface area contributed by atoms with Crippen LogP contribution in [0.15, 0.2) is 30.3 Å². The van der Waals surface area contributed by atoms with Gasteiger partial charge in [0.2, 0.25) is 0 Å². The Kier molecular flexibility index (Phi) is 5.12. The number of benzene rings is 1. The lowest BCUT2D eigenvalue weighted by atomic mass is 9.93. The van der Waals surface area contributed by atoms with Gasteiger partial charge in [0.15, 0.2) is 0 Å². The summed E-state index contributed by atoms with van der Waals surface area (Å²) in [7, 11) is 1.97. The molecule has 1 N–H and O–H groups in total. The van der Waals surface area contributed by atoms with Crippen LogP contribution in [-0.4, -0.2) is 22.4 Å². The fourth-order valence-corrected chi connectivity index (χ4v) is 2.53. The standard InChI is InChI=1S/C17H24FN3/c1-12(2)19-11-15(14-5-7-16(18)8-6-14)10-17-9-13(3)20-21(17)4/h5-9,12,15,19H,10-11H2,1-4H3. The Balaban J connectivity index is 2.19. The summed E-state index contributed by atoms with van der Waals surface area (Å²) in [5.41, 5.74) is 3.39. The first-order valence-electron chi connectivity index (χ1n) is 7.44. The molecule has 0 aliphatic carbocycles. The van der Waals surface area contributed by atoms with Gasteiger partial charge in [-0.15, -0.1) is 0 Å². The molecule has 0 amide bonds. The number of hydrogen-bond donors (Lipinski definition) is 1. The average molecular weight is 289 g/mol. The van der Waals surface area contributed by atoms with Gasteiger partial charge in [0.25, 0.3) is 0 Å². The van der Waals surface area contributed by atoms with E-state index in [1.807, 2.05) is 30.8 Å². The Morgan fingerprint density at radius 3 is 2.43 bits per heavy atom. The molecule has 1 heterocycles. The van der Waals surface area contributed by atoms with E-state index < -0.39 is 0 Å². The van der Waals surface area contributed by atoms with E-state index in [1.54, 1.807) is 0 Å². The number of nitrogens with zero attached hydrogens (tertiary/aromatic N) is 2. The van der Waals surface area contributed by atoms with Gasteiger partial charge in [0.1, 0.15) is 5.82 Å². The van der Waals surface area contributed by atoms with E-state index in [0.29, 0.717) is 12.0 Å². The zero-order chi connectivity index (χ0) is 15.4. The molecule has 21 heavy (non-hydrogen) atoms. The maximum atomic E-state index is 13.1. The van der Waals surface area contributed by atoms with Crippen LogP contribution in [0.25, 0.3) is 0 Å². The zero-order valence-electron chi connectivity index (χ0n) is 13.2. The topological polar surface area (TPSA) is 29.9 Å². The van der Waals surface area contributed by atoms with Crippen LogP contribution in [0, 0.1) is 12.7 Å². The Labute approximate surface area is 126 Å². The maximum absolute atomic E-state index is 13.1. The predicted molar refractivity (Wildman–Crippen MR) is 83.9 cm³/mol. The van der Waals surface area contributed by atoms with E-state index in [-0.39, 0.29) is 5.82 Å². The highest BCUT2D eigenvalue weighted by molar-refractivity contribution is 5.23. The molecule has 0 aliphatic heterocycles. The van der Waals surface area contributed by atoms with E-state index in [9.17, 15) is 4.39 Å². The van der Waals surface area contributed by atoms with Gasteiger partial charge < -0.3 is 5.32 Å². The molecule has 3 nitrogen and oxygen atoms in total. The minimum Gasteiger partial charge on any atom is -0.314 e. The van der Waals surface area contributed by atoms with Gasteiger partial charge in [-0.3, -0.25) is 4.68 Å². The van der Waals surface area contributed by atoms with Crippen molar-refractivity contribution in [2.75, 3.05) is 6.54 Å². The molecule has 1 aromatic carbocycles. The van der Waals surface area contributed by atoms with Crippen LogP contribution < -0.4 is 5.32 Å². The molecule has 2 aromatic rings. The summed E-state index contributed by atoms with van der Waals surface area (Å²) in [5, 5.41) is 7.89. The van der Waals surface area contributed by atoms with Gasteiger partial charge in [0, 0.05) is 31.2 Å². The maximum Gasteiger partial charge on any atom is 0.123 e. The molecule has 1 unspecified atom stereocenters. The van der Waals surface area contributed by atoms with E-state index in [2.05, 4.69) is 30.3 Å². The van der Waals surface area contributed by atoms with Crippen LogP contribution in [0.1, 0.15) is 36.7 Å². The normalized spacial score (nSPS) is 12.9. The van der Waals surface area contributed by atoms with Gasteiger partial charge in [-0.25, -0.2) is 4.39 Å². The number of hydrogen-bond acceptors (Lipinski definition) is 2. The van der Waals surface area contributed by atoms with Crippen LogP contribution in [0.2, 0.25) is 0 Å². The SMILES string of the molecule is Cc1cc(CC(CNC(C)C)c2ccc(F)cc2)n(C)n1. The second kappa shape index (κ2) is 6.85. The number of rotatable bonds is 6. The highest BCUT2D eigenvalue weighted by Crippen LogP contribution is 2.21. The van der Waals surface area contributed by atoms with Crippen molar-refractivity contribution >= 4 is 0 Å². The molecule has 0 saturated heterocycles. The smallest absolute Gasteiger partial charge is 0.123 e. The van der Waals surface area contributed by atoms with E-state index in [4.69, 9.17) is 0 Å². The number of nitrogens with one attached hydrogen (secondary N) is 1. The summed E-state index contributed by atoms with van der Waals surface area (Å²) < 4.78 is 15.1. The molecule has 0 aliphatic rings. The first-order chi connectivity index (χ1) is 9.95. The molecule has 0 spiro atoms. The molecule has 4 heteroatoms. The zero-order valence-corrected chi connectivity index (χ0v) is 13.2.